The molecule has 0 spiro atoms. The number of H-pyrrole nitrogens is 1. The molecule has 8 heteroatoms. The zero-order chi connectivity index (χ0) is 22.3. The van der Waals surface area contributed by atoms with Crippen LogP contribution in [0.3, 0.4) is 0 Å². The molecule has 0 bridgehead atoms. The number of imidazole rings is 1. The maximum atomic E-state index is 15.0. The van der Waals surface area contributed by atoms with Crippen LogP contribution in [-0.2, 0) is 10.7 Å². The molecule has 0 aliphatic carbocycles. The molecule has 5 rings (SSSR count). The molecule has 5 nitrogen and oxygen atoms in total. The lowest BCUT2D eigenvalue weighted by Crippen LogP contribution is -2.36. The van der Waals surface area contributed by atoms with Gasteiger partial charge in [0, 0.05) is 29.9 Å². The number of ether oxygens (including phenoxy) is 1. The van der Waals surface area contributed by atoms with Gasteiger partial charge in [-0.15, -0.1) is 0 Å². The van der Waals surface area contributed by atoms with Gasteiger partial charge in [0.2, 0.25) is 0 Å². The zero-order valence-corrected chi connectivity index (χ0v) is 18.2. The first-order valence-electron chi connectivity index (χ1n) is 10.4. The first-order chi connectivity index (χ1) is 15.4. The van der Waals surface area contributed by atoms with E-state index < -0.39 is 11.7 Å². The number of aromatic nitrogens is 3. The molecule has 2 aromatic heterocycles. The van der Waals surface area contributed by atoms with E-state index in [0.717, 1.165) is 29.9 Å². The highest BCUT2D eigenvalue weighted by molar-refractivity contribution is 6.33. The van der Waals surface area contributed by atoms with Crippen molar-refractivity contribution in [3.63, 3.8) is 0 Å². The molecule has 1 aliphatic rings. The molecule has 4 aromatic rings. The molecule has 164 valence electrons. The van der Waals surface area contributed by atoms with E-state index in [-0.39, 0.29) is 11.2 Å². The van der Waals surface area contributed by atoms with Crippen molar-refractivity contribution in [3.8, 4) is 11.3 Å². The van der Waals surface area contributed by atoms with Crippen LogP contribution in [0.25, 0.3) is 22.4 Å². The number of aromatic amines is 1. The summed E-state index contributed by atoms with van der Waals surface area (Å²) in [4.78, 5) is 13.5. The summed E-state index contributed by atoms with van der Waals surface area (Å²) in [5, 5.41) is 0.355. The molecule has 1 saturated heterocycles. The monoisotopic (exact) mass is 454 g/mol. The van der Waals surface area contributed by atoms with Crippen molar-refractivity contribution >= 4 is 28.5 Å². The van der Waals surface area contributed by atoms with Gasteiger partial charge in [-0.05, 0) is 25.1 Å². The first-order valence-corrected chi connectivity index (χ1v) is 10.7. The lowest BCUT2D eigenvalue weighted by atomic mass is 10.1. The maximum Gasteiger partial charge on any atom is 0.329 e. The summed E-state index contributed by atoms with van der Waals surface area (Å²) in [7, 11) is 0. The minimum Gasteiger partial charge on any atom is -0.378 e. The van der Waals surface area contributed by atoms with Crippen molar-refractivity contribution < 1.29 is 13.5 Å². The largest absolute Gasteiger partial charge is 0.378 e. The number of halogens is 3. The van der Waals surface area contributed by atoms with E-state index in [1.807, 2.05) is 31.2 Å². The highest BCUT2D eigenvalue weighted by atomic mass is 35.5. The number of hydrogen-bond donors (Lipinski definition) is 1. The highest BCUT2D eigenvalue weighted by Gasteiger charge is 2.37. The summed E-state index contributed by atoms with van der Waals surface area (Å²) in [5.41, 5.74) is 3.75. The van der Waals surface area contributed by atoms with Gasteiger partial charge in [-0.25, -0.2) is 9.97 Å². The second-order valence-corrected chi connectivity index (χ2v) is 8.27. The third kappa shape index (κ3) is 3.82. The van der Waals surface area contributed by atoms with Crippen LogP contribution in [0.5, 0.6) is 0 Å². The summed E-state index contributed by atoms with van der Waals surface area (Å²) in [6, 6.07) is 15.6. The fourth-order valence-corrected chi connectivity index (χ4v) is 4.07. The van der Waals surface area contributed by atoms with E-state index >= 15 is 8.78 Å². The minimum atomic E-state index is -3.28. The second kappa shape index (κ2) is 8.15. The maximum absolute atomic E-state index is 15.0. The lowest BCUT2D eigenvalue weighted by molar-refractivity contribution is 0.0340. The van der Waals surface area contributed by atoms with Crippen LogP contribution >= 0.6 is 11.6 Å². The molecule has 1 fully saturated rings. The molecule has 0 amide bonds. The van der Waals surface area contributed by atoms with Crippen LogP contribution in [0.1, 0.15) is 17.0 Å². The summed E-state index contributed by atoms with van der Waals surface area (Å²) >= 11 is 6.45. The Hall–Kier alpha value is -3.03. The van der Waals surface area contributed by atoms with E-state index in [9.17, 15) is 0 Å². The van der Waals surface area contributed by atoms with E-state index in [1.165, 1.54) is 12.1 Å². The Morgan fingerprint density at radius 3 is 2.38 bits per heavy atom. The molecule has 1 aliphatic heterocycles. The number of pyridine rings is 1. The quantitative estimate of drug-likeness (QED) is 0.438. The number of anilines is 1. The van der Waals surface area contributed by atoms with Crippen LogP contribution in [0.15, 0.2) is 54.6 Å². The van der Waals surface area contributed by atoms with Gasteiger partial charge in [0.05, 0.1) is 23.9 Å². The Bertz CT molecular complexity index is 1250. The van der Waals surface area contributed by atoms with Crippen molar-refractivity contribution in [2.75, 3.05) is 31.2 Å². The molecular formula is C24H21ClF2N4O. The Labute approximate surface area is 189 Å². The lowest BCUT2D eigenvalue weighted by Gasteiger charge is -2.28. The third-order valence-corrected chi connectivity index (χ3v) is 5.94. The molecule has 0 saturated carbocycles. The van der Waals surface area contributed by atoms with Crippen molar-refractivity contribution in [2.24, 2.45) is 0 Å². The van der Waals surface area contributed by atoms with Gasteiger partial charge < -0.3 is 14.6 Å². The molecular weight excluding hydrogens is 434 g/mol. The van der Waals surface area contributed by atoms with Crippen LogP contribution in [0.4, 0.5) is 14.5 Å². The fourth-order valence-electron chi connectivity index (χ4n) is 3.82. The summed E-state index contributed by atoms with van der Waals surface area (Å²) in [6.07, 6.45) is 0. The fraction of sp³-hybridized carbons (Fsp3) is 0.250. The van der Waals surface area contributed by atoms with Gasteiger partial charge in [-0.2, -0.15) is 8.78 Å². The average molecular weight is 455 g/mol. The number of alkyl halides is 2. The number of nitrogens with zero attached hydrogens (tertiary/aromatic N) is 3. The predicted molar refractivity (Wildman–Crippen MR) is 122 cm³/mol. The van der Waals surface area contributed by atoms with Gasteiger partial charge in [0.15, 0.2) is 11.5 Å². The molecule has 0 radical (unpaired) electrons. The number of fused-ring (bicyclic) bond motifs is 1. The highest BCUT2D eigenvalue weighted by Crippen LogP contribution is 2.36. The number of benzene rings is 2. The van der Waals surface area contributed by atoms with Crippen LogP contribution in [0, 0.1) is 6.92 Å². The van der Waals surface area contributed by atoms with Crippen molar-refractivity contribution in [1.29, 1.82) is 0 Å². The van der Waals surface area contributed by atoms with Gasteiger partial charge in [-0.1, -0.05) is 53.6 Å². The third-order valence-electron chi connectivity index (χ3n) is 5.65. The summed E-state index contributed by atoms with van der Waals surface area (Å²) in [6.45, 7) is 4.96. The van der Waals surface area contributed by atoms with Crippen molar-refractivity contribution in [1.82, 2.24) is 15.0 Å². The molecule has 32 heavy (non-hydrogen) atoms. The molecule has 1 N–H and O–H groups in total. The summed E-state index contributed by atoms with van der Waals surface area (Å²) in [5.74, 6) is -3.74. The van der Waals surface area contributed by atoms with E-state index in [2.05, 4.69) is 19.9 Å². The first kappa shape index (κ1) is 20.8. The van der Waals surface area contributed by atoms with Gasteiger partial charge in [-0.3, -0.25) is 0 Å². The van der Waals surface area contributed by atoms with Crippen molar-refractivity contribution in [3.05, 3.63) is 76.6 Å². The molecule has 0 unspecified atom stereocenters. The summed E-state index contributed by atoms with van der Waals surface area (Å²) < 4.78 is 35.5. The number of aryl methyl sites for hydroxylation is 1. The smallest absolute Gasteiger partial charge is 0.329 e. The Morgan fingerprint density at radius 1 is 1.00 bits per heavy atom. The number of rotatable bonds is 4. The standard InChI is InChI=1S/C24H21ClF2N4O/c1-15-2-6-17(7-3-15)24(26,27)23-28-20-14-19(25)21(29-22(20)30-23)16-4-8-18(9-5-16)31-10-12-32-13-11-31/h2-9,14H,10-13H2,1H3,(H,28,29,30). The van der Waals surface area contributed by atoms with Gasteiger partial charge >= 0.3 is 5.92 Å². The van der Waals surface area contributed by atoms with Crippen LogP contribution < -0.4 is 4.90 Å². The Morgan fingerprint density at radius 2 is 1.69 bits per heavy atom. The Balaban J connectivity index is 1.48. The SMILES string of the molecule is Cc1ccc(C(F)(F)c2nc3cc(Cl)c(-c4ccc(N5CCOCC5)cc4)nc3[nH]2)cc1. The Kier molecular flexibility index (Phi) is 5.31. The predicted octanol–water partition coefficient (Wildman–Crippen LogP) is 5.56. The average Bonchev–Trinajstić information content (AvgIpc) is 3.23. The minimum absolute atomic E-state index is 0.132. The number of morpholine rings is 1. The van der Waals surface area contributed by atoms with Crippen LogP contribution in [-0.4, -0.2) is 41.3 Å². The van der Waals surface area contributed by atoms with E-state index in [1.54, 1.807) is 18.2 Å². The molecule has 2 aromatic carbocycles. The van der Waals surface area contributed by atoms with Crippen LogP contribution in [0.2, 0.25) is 5.02 Å². The molecule has 0 atom stereocenters. The van der Waals surface area contributed by atoms with Gasteiger partial charge in [0.1, 0.15) is 5.52 Å². The van der Waals surface area contributed by atoms with Gasteiger partial charge in [0.25, 0.3) is 0 Å². The zero-order valence-electron chi connectivity index (χ0n) is 17.4. The molecule has 3 heterocycles. The number of hydrogen-bond acceptors (Lipinski definition) is 4. The normalized spacial score (nSPS) is 14.8. The van der Waals surface area contributed by atoms with Crippen molar-refractivity contribution in [2.45, 2.75) is 12.8 Å². The number of nitrogens with one attached hydrogen (secondary N) is 1. The van der Waals surface area contributed by atoms with E-state index in [4.69, 9.17) is 16.3 Å². The second-order valence-electron chi connectivity index (χ2n) is 7.86. The van der Waals surface area contributed by atoms with E-state index in [0.29, 0.717) is 29.4 Å². The topological polar surface area (TPSA) is 54.0 Å².